The second-order valence-corrected chi connectivity index (χ2v) is 9.39. The molecule has 3 heterocycles. The second-order valence-electron chi connectivity index (χ2n) is 7.62. The van der Waals surface area contributed by atoms with Crippen molar-refractivity contribution in [2.24, 2.45) is 5.92 Å². The van der Waals surface area contributed by atoms with Crippen LogP contribution in [0.2, 0.25) is 0 Å². The zero-order valence-electron chi connectivity index (χ0n) is 16.1. The fraction of sp³-hybridized carbons (Fsp3) is 0.550. The minimum atomic E-state index is -3.51. The van der Waals surface area contributed by atoms with Gasteiger partial charge >= 0.3 is 0 Å². The zero-order valence-corrected chi connectivity index (χ0v) is 17.0. The Hall–Kier alpha value is -1.74. The number of aromatic nitrogens is 1. The van der Waals surface area contributed by atoms with Gasteiger partial charge in [-0.05, 0) is 50.4 Å². The highest BCUT2D eigenvalue weighted by molar-refractivity contribution is 7.89. The fourth-order valence-electron chi connectivity index (χ4n) is 3.94. The summed E-state index contributed by atoms with van der Waals surface area (Å²) in [6, 6.07) is 7.29. The minimum Gasteiger partial charge on any atom is -0.449 e. The van der Waals surface area contributed by atoms with Crippen molar-refractivity contribution in [3.8, 4) is 11.3 Å². The Bertz CT molecular complexity index is 880. The summed E-state index contributed by atoms with van der Waals surface area (Å²) >= 11 is 0. The lowest BCUT2D eigenvalue weighted by atomic mass is 9.96. The minimum absolute atomic E-state index is 0.275. The number of rotatable bonds is 6. The van der Waals surface area contributed by atoms with E-state index in [0.29, 0.717) is 30.1 Å². The molecule has 2 aliphatic rings. The number of nitrogens with one attached hydrogen (secondary N) is 1. The smallest absolute Gasteiger partial charge is 0.240 e. The highest BCUT2D eigenvalue weighted by Crippen LogP contribution is 2.23. The van der Waals surface area contributed by atoms with Crippen LogP contribution in [0.5, 0.6) is 0 Å². The summed E-state index contributed by atoms with van der Waals surface area (Å²) in [5.41, 5.74) is 1.54. The Morgan fingerprint density at radius 2 is 1.93 bits per heavy atom. The first-order chi connectivity index (χ1) is 13.5. The van der Waals surface area contributed by atoms with E-state index in [0.717, 1.165) is 51.1 Å². The molecule has 1 unspecified atom stereocenters. The quantitative estimate of drug-likeness (QED) is 0.795. The summed E-state index contributed by atoms with van der Waals surface area (Å²) in [5, 5.41) is 0. The standard InChI is InChI=1S/C20H27N3O4S/c1-15-22-20(14-27-15)17-2-4-19(5-3-17)28(24,25)21-12-16-6-9-23(10-7-16)18-8-11-26-13-18/h2-5,14,16,18,21H,6-13H2,1H3. The first-order valence-electron chi connectivity index (χ1n) is 9.85. The molecular formula is C20H27N3O4S. The van der Waals surface area contributed by atoms with Crippen molar-refractivity contribution in [1.29, 1.82) is 0 Å². The van der Waals surface area contributed by atoms with Crippen LogP contribution >= 0.6 is 0 Å². The van der Waals surface area contributed by atoms with Crippen LogP contribution in [0, 0.1) is 12.8 Å². The number of nitrogens with zero attached hydrogens (tertiary/aromatic N) is 2. The molecule has 0 radical (unpaired) electrons. The van der Waals surface area contributed by atoms with Gasteiger partial charge in [-0.15, -0.1) is 0 Å². The SMILES string of the molecule is Cc1nc(-c2ccc(S(=O)(=O)NCC3CCN(C4CCOC4)CC3)cc2)co1. The predicted molar refractivity (Wildman–Crippen MR) is 105 cm³/mol. The van der Waals surface area contributed by atoms with E-state index in [2.05, 4.69) is 14.6 Å². The maximum Gasteiger partial charge on any atom is 0.240 e. The van der Waals surface area contributed by atoms with Gasteiger partial charge in [0, 0.05) is 31.7 Å². The summed E-state index contributed by atoms with van der Waals surface area (Å²) in [7, 11) is -3.51. The lowest BCUT2D eigenvalue weighted by Crippen LogP contribution is -2.43. The van der Waals surface area contributed by atoms with Crippen molar-refractivity contribution >= 4 is 10.0 Å². The van der Waals surface area contributed by atoms with E-state index >= 15 is 0 Å². The van der Waals surface area contributed by atoms with Crippen molar-refractivity contribution in [1.82, 2.24) is 14.6 Å². The van der Waals surface area contributed by atoms with Crippen molar-refractivity contribution in [2.45, 2.75) is 37.1 Å². The van der Waals surface area contributed by atoms with E-state index in [1.807, 2.05) is 0 Å². The Morgan fingerprint density at radius 3 is 2.54 bits per heavy atom. The molecule has 1 aromatic heterocycles. The van der Waals surface area contributed by atoms with Gasteiger partial charge in [0.15, 0.2) is 5.89 Å². The predicted octanol–water partition coefficient (Wildman–Crippen LogP) is 2.43. The Balaban J connectivity index is 1.30. The molecule has 2 aliphatic heterocycles. The van der Waals surface area contributed by atoms with Gasteiger partial charge in [-0.25, -0.2) is 18.1 Å². The molecule has 4 rings (SSSR count). The van der Waals surface area contributed by atoms with Crippen LogP contribution in [0.3, 0.4) is 0 Å². The number of likely N-dealkylation sites (tertiary alicyclic amines) is 1. The van der Waals surface area contributed by atoms with Gasteiger partial charge in [0.2, 0.25) is 10.0 Å². The highest BCUT2D eigenvalue weighted by atomic mass is 32.2. The number of hydrogen-bond acceptors (Lipinski definition) is 6. The Kier molecular flexibility index (Phi) is 5.82. The van der Waals surface area contributed by atoms with Gasteiger partial charge in [-0.2, -0.15) is 0 Å². The van der Waals surface area contributed by atoms with E-state index in [9.17, 15) is 8.42 Å². The van der Waals surface area contributed by atoms with Crippen molar-refractivity contribution in [3.63, 3.8) is 0 Å². The molecule has 7 nitrogen and oxygen atoms in total. The average molecular weight is 406 g/mol. The third kappa shape index (κ3) is 4.46. The number of sulfonamides is 1. The molecule has 8 heteroatoms. The van der Waals surface area contributed by atoms with Gasteiger partial charge in [0.05, 0.1) is 11.5 Å². The summed E-state index contributed by atoms with van der Waals surface area (Å²) in [6.07, 6.45) is 4.72. The monoisotopic (exact) mass is 405 g/mol. The molecule has 2 fully saturated rings. The number of ether oxygens (including phenoxy) is 1. The maximum absolute atomic E-state index is 12.6. The maximum atomic E-state index is 12.6. The molecule has 1 atom stereocenters. The lowest BCUT2D eigenvalue weighted by molar-refractivity contribution is 0.111. The van der Waals surface area contributed by atoms with Crippen molar-refractivity contribution in [3.05, 3.63) is 36.4 Å². The van der Waals surface area contributed by atoms with E-state index in [1.54, 1.807) is 37.5 Å². The second kappa shape index (κ2) is 8.32. The van der Waals surface area contributed by atoms with E-state index in [-0.39, 0.29) is 4.90 Å². The van der Waals surface area contributed by atoms with E-state index in [4.69, 9.17) is 9.15 Å². The number of aryl methyl sites for hydroxylation is 1. The van der Waals surface area contributed by atoms with Crippen LogP contribution < -0.4 is 4.72 Å². The molecule has 0 bridgehead atoms. The molecular weight excluding hydrogens is 378 g/mol. The summed E-state index contributed by atoms with van der Waals surface area (Å²) in [5.74, 6) is 0.964. The number of benzene rings is 1. The zero-order chi connectivity index (χ0) is 19.6. The van der Waals surface area contributed by atoms with Gasteiger partial charge in [-0.1, -0.05) is 12.1 Å². The average Bonchev–Trinajstić information content (AvgIpc) is 3.39. The van der Waals surface area contributed by atoms with Crippen LogP contribution in [0.25, 0.3) is 11.3 Å². The van der Waals surface area contributed by atoms with Crippen LogP contribution in [0.4, 0.5) is 0 Å². The van der Waals surface area contributed by atoms with Gasteiger partial charge in [0.25, 0.3) is 0 Å². The van der Waals surface area contributed by atoms with Gasteiger partial charge < -0.3 is 9.15 Å². The lowest BCUT2D eigenvalue weighted by Gasteiger charge is -2.35. The van der Waals surface area contributed by atoms with Crippen LogP contribution in [-0.2, 0) is 14.8 Å². The van der Waals surface area contributed by atoms with Gasteiger partial charge in [-0.3, -0.25) is 4.90 Å². The summed E-state index contributed by atoms with van der Waals surface area (Å²) < 4.78 is 38.7. The summed E-state index contributed by atoms with van der Waals surface area (Å²) in [6.45, 7) is 6.00. The topological polar surface area (TPSA) is 84.7 Å². The van der Waals surface area contributed by atoms with E-state index < -0.39 is 10.0 Å². The molecule has 2 aromatic rings. The normalized spacial score (nSPS) is 22.0. The molecule has 152 valence electrons. The van der Waals surface area contributed by atoms with Crippen LogP contribution in [0.15, 0.2) is 39.8 Å². The third-order valence-corrected chi connectivity index (χ3v) is 7.15. The number of hydrogen-bond donors (Lipinski definition) is 1. The molecule has 1 N–H and O–H groups in total. The van der Waals surface area contributed by atoms with Crippen LogP contribution in [0.1, 0.15) is 25.2 Å². The molecule has 28 heavy (non-hydrogen) atoms. The molecule has 2 saturated heterocycles. The molecule has 0 amide bonds. The highest BCUT2D eigenvalue weighted by Gasteiger charge is 2.28. The fourth-order valence-corrected chi connectivity index (χ4v) is 5.06. The number of piperidine rings is 1. The van der Waals surface area contributed by atoms with Crippen molar-refractivity contribution in [2.75, 3.05) is 32.8 Å². The van der Waals surface area contributed by atoms with Gasteiger partial charge in [0.1, 0.15) is 12.0 Å². The van der Waals surface area contributed by atoms with E-state index in [1.165, 1.54) is 0 Å². The Labute approximate surface area is 166 Å². The molecule has 1 aromatic carbocycles. The van der Waals surface area contributed by atoms with Crippen LogP contribution in [-0.4, -0.2) is 57.2 Å². The summed E-state index contributed by atoms with van der Waals surface area (Å²) in [4.78, 5) is 7.02. The molecule has 0 saturated carbocycles. The van der Waals surface area contributed by atoms with Crippen molar-refractivity contribution < 1.29 is 17.6 Å². The molecule has 0 aliphatic carbocycles. The first kappa shape index (κ1) is 19.6. The molecule has 0 spiro atoms. The third-order valence-electron chi connectivity index (χ3n) is 5.71. The first-order valence-corrected chi connectivity index (χ1v) is 11.3. The number of oxazole rings is 1. The Morgan fingerprint density at radius 1 is 1.18 bits per heavy atom. The largest absolute Gasteiger partial charge is 0.449 e.